The first kappa shape index (κ1) is 17.1. The van der Waals surface area contributed by atoms with E-state index in [1.54, 1.807) is 0 Å². The van der Waals surface area contributed by atoms with E-state index in [-0.39, 0.29) is 5.91 Å². The van der Waals surface area contributed by atoms with Crippen molar-refractivity contribution in [2.45, 2.75) is 52.0 Å². The van der Waals surface area contributed by atoms with Crippen LogP contribution in [0.4, 0.5) is 5.13 Å². The normalized spacial score (nSPS) is 18.9. The molecule has 1 unspecified atom stereocenters. The fraction of sp³-hybridized carbons (Fsp3) is 0.800. The number of aryl methyl sites for hydroxylation is 1. The van der Waals surface area contributed by atoms with E-state index < -0.39 is 5.54 Å². The van der Waals surface area contributed by atoms with Crippen LogP contribution in [0.5, 0.6) is 0 Å². The van der Waals surface area contributed by atoms with Gasteiger partial charge in [-0.3, -0.25) is 4.79 Å². The number of rotatable bonds is 5. The Morgan fingerprint density at radius 2 is 2.09 bits per heavy atom. The molecule has 1 fully saturated rings. The molecular formula is C15H27N5OS. The summed E-state index contributed by atoms with van der Waals surface area (Å²) in [5.41, 5.74) is 5.45. The SMILES string of the molecule is CCCC(C)(N)C(=O)N1CCCN(c2nc(CC)ns2)CC1. The average molecular weight is 325 g/mol. The van der Waals surface area contributed by atoms with Gasteiger partial charge in [0.15, 0.2) is 0 Å². The van der Waals surface area contributed by atoms with Gasteiger partial charge in [-0.15, -0.1) is 0 Å². The molecule has 7 heteroatoms. The number of amides is 1. The maximum atomic E-state index is 12.6. The number of nitrogens with zero attached hydrogens (tertiary/aromatic N) is 4. The van der Waals surface area contributed by atoms with Crippen molar-refractivity contribution < 1.29 is 4.79 Å². The van der Waals surface area contributed by atoms with Crippen molar-refractivity contribution in [2.24, 2.45) is 5.73 Å². The van der Waals surface area contributed by atoms with Crippen LogP contribution < -0.4 is 10.6 Å². The second-order valence-electron chi connectivity index (χ2n) is 6.15. The maximum absolute atomic E-state index is 12.6. The van der Waals surface area contributed by atoms with Gasteiger partial charge in [0, 0.05) is 44.1 Å². The monoisotopic (exact) mass is 325 g/mol. The van der Waals surface area contributed by atoms with Crippen LogP contribution in [-0.2, 0) is 11.2 Å². The summed E-state index contributed by atoms with van der Waals surface area (Å²) in [5.74, 6) is 0.970. The Hall–Kier alpha value is -1.21. The number of anilines is 1. The predicted molar refractivity (Wildman–Crippen MR) is 90.2 cm³/mol. The van der Waals surface area contributed by atoms with Gasteiger partial charge in [-0.1, -0.05) is 20.3 Å². The molecule has 0 spiro atoms. The molecule has 1 aliphatic heterocycles. The Balaban J connectivity index is 1.99. The zero-order valence-electron chi connectivity index (χ0n) is 13.8. The Morgan fingerprint density at radius 1 is 1.32 bits per heavy atom. The summed E-state index contributed by atoms with van der Waals surface area (Å²) in [6.07, 6.45) is 3.44. The van der Waals surface area contributed by atoms with Crippen LogP contribution >= 0.6 is 11.5 Å². The van der Waals surface area contributed by atoms with E-state index in [1.165, 1.54) is 11.5 Å². The lowest BCUT2D eigenvalue weighted by atomic mass is 9.95. The second kappa shape index (κ2) is 7.37. The van der Waals surface area contributed by atoms with Crippen molar-refractivity contribution in [3.63, 3.8) is 0 Å². The summed E-state index contributed by atoms with van der Waals surface area (Å²) >= 11 is 1.45. The summed E-state index contributed by atoms with van der Waals surface area (Å²) in [6.45, 7) is 9.15. The van der Waals surface area contributed by atoms with Gasteiger partial charge in [0.1, 0.15) is 5.82 Å². The van der Waals surface area contributed by atoms with Gasteiger partial charge in [0.05, 0.1) is 5.54 Å². The molecule has 1 aromatic heterocycles. The van der Waals surface area contributed by atoms with E-state index in [2.05, 4.69) is 28.1 Å². The van der Waals surface area contributed by atoms with E-state index in [0.717, 1.165) is 56.3 Å². The van der Waals surface area contributed by atoms with Crippen LogP contribution in [0.1, 0.15) is 45.9 Å². The summed E-state index contributed by atoms with van der Waals surface area (Å²) < 4.78 is 4.35. The molecule has 0 bridgehead atoms. The summed E-state index contributed by atoms with van der Waals surface area (Å²) in [4.78, 5) is 21.3. The minimum atomic E-state index is -0.748. The highest BCUT2D eigenvalue weighted by Gasteiger charge is 2.32. The Labute approximate surface area is 136 Å². The van der Waals surface area contributed by atoms with Crippen LogP contribution in [0.25, 0.3) is 0 Å². The summed E-state index contributed by atoms with van der Waals surface area (Å²) in [6, 6.07) is 0. The highest BCUT2D eigenvalue weighted by molar-refractivity contribution is 7.09. The van der Waals surface area contributed by atoms with Crippen molar-refractivity contribution in [1.29, 1.82) is 0 Å². The third kappa shape index (κ3) is 3.95. The number of hydrogen-bond acceptors (Lipinski definition) is 6. The van der Waals surface area contributed by atoms with Gasteiger partial charge in [0.25, 0.3) is 0 Å². The van der Waals surface area contributed by atoms with Gasteiger partial charge in [-0.25, -0.2) is 4.98 Å². The van der Waals surface area contributed by atoms with E-state index in [1.807, 2.05) is 11.8 Å². The third-order valence-corrected chi connectivity index (χ3v) is 4.90. The molecule has 124 valence electrons. The molecule has 0 saturated carbocycles. The first-order valence-electron chi connectivity index (χ1n) is 8.13. The van der Waals surface area contributed by atoms with Crippen LogP contribution in [-0.4, -0.2) is 51.9 Å². The average Bonchev–Trinajstić information content (AvgIpc) is 2.83. The summed E-state index contributed by atoms with van der Waals surface area (Å²) in [5, 5.41) is 0.968. The molecule has 22 heavy (non-hydrogen) atoms. The molecule has 0 aromatic carbocycles. The molecule has 2 heterocycles. The van der Waals surface area contributed by atoms with E-state index >= 15 is 0 Å². The lowest BCUT2D eigenvalue weighted by Crippen LogP contribution is -2.54. The van der Waals surface area contributed by atoms with Crippen molar-refractivity contribution >= 4 is 22.6 Å². The quantitative estimate of drug-likeness (QED) is 0.891. The molecule has 0 aliphatic carbocycles. The fourth-order valence-electron chi connectivity index (χ4n) is 2.82. The van der Waals surface area contributed by atoms with Gasteiger partial charge >= 0.3 is 0 Å². The predicted octanol–water partition coefficient (Wildman–Crippen LogP) is 1.66. The number of aromatic nitrogens is 2. The lowest BCUT2D eigenvalue weighted by molar-refractivity contribution is -0.136. The molecule has 0 radical (unpaired) electrons. The number of carbonyl (C=O) groups excluding carboxylic acids is 1. The standard InChI is InChI=1S/C15H27N5OS/c1-4-7-15(3,16)13(21)19-8-6-9-20(11-10-19)14-17-12(5-2)18-22-14/h4-11,16H2,1-3H3. The van der Waals surface area contributed by atoms with Crippen LogP contribution in [0.15, 0.2) is 0 Å². The Kier molecular flexibility index (Phi) is 5.74. The van der Waals surface area contributed by atoms with Crippen LogP contribution in [0.2, 0.25) is 0 Å². The number of carbonyl (C=O) groups is 1. The Morgan fingerprint density at radius 3 is 2.73 bits per heavy atom. The molecule has 1 saturated heterocycles. The maximum Gasteiger partial charge on any atom is 0.242 e. The van der Waals surface area contributed by atoms with Crippen LogP contribution in [0, 0.1) is 0 Å². The molecule has 1 aromatic rings. The molecule has 2 N–H and O–H groups in total. The molecule has 6 nitrogen and oxygen atoms in total. The number of hydrogen-bond donors (Lipinski definition) is 1. The Bertz CT molecular complexity index is 502. The number of nitrogens with two attached hydrogens (primary N) is 1. The first-order valence-corrected chi connectivity index (χ1v) is 8.91. The van der Waals surface area contributed by atoms with Crippen molar-refractivity contribution in [3.05, 3.63) is 5.82 Å². The zero-order chi connectivity index (χ0) is 16.2. The first-order chi connectivity index (χ1) is 10.5. The highest BCUT2D eigenvalue weighted by atomic mass is 32.1. The van der Waals surface area contributed by atoms with Crippen molar-refractivity contribution in [1.82, 2.24) is 14.3 Å². The lowest BCUT2D eigenvalue weighted by Gasteiger charge is -2.30. The molecular weight excluding hydrogens is 298 g/mol. The van der Waals surface area contributed by atoms with Crippen molar-refractivity contribution in [3.8, 4) is 0 Å². The van der Waals surface area contributed by atoms with E-state index in [9.17, 15) is 4.79 Å². The zero-order valence-corrected chi connectivity index (χ0v) is 14.7. The van der Waals surface area contributed by atoms with Gasteiger partial charge in [-0.05, 0) is 19.8 Å². The summed E-state index contributed by atoms with van der Waals surface area (Å²) in [7, 11) is 0. The van der Waals surface area contributed by atoms with E-state index in [4.69, 9.17) is 5.73 Å². The minimum absolute atomic E-state index is 0.0720. The molecule has 1 atom stereocenters. The second-order valence-corrected chi connectivity index (χ2v) is 6.88. The topological polar surface area (TPSA) is 75.4 Å². The van der Waals surface area contributed by atoms with Gasteiger partial charge in [0.2, 0.25) is 11.0 Å². The molecule has 2 rings (SSSR count). The minimum Gasteiger partial charge on any atom is -0.345 e. The molecule has 1 aliphatic rings. The van der Waals surface area contributed by atoms with Crippen LogP contribution in [0.3, 0.4) is 0 Å². The van der Waals surface area contributed by atoms with Gasteiger partial charge in [-0.2, -0.15) is 4.37 Å². The fourth-order valence-corrected chi connectivity index (χ4v) is 3.62. The van der Waals surface area contributed by atoms with Gasteiger partial charge < -0.3 is 15.5 Å². The van der Waals surface area contributed by atoms with E-state index in [0.29, 0.717) is 6.54 Å². The smallest absolute Gasteiger partial charge is 0.242 e. The van der Waals surface area contributed by atoms with Crippen molar-refractivity contribution in [2.75, 3.05) is 31.1 Å². The molecule has 1 amide bonds. The highest BCUT2D eigenvalue weighted by Crippen LogP contribution is 2.21. The largest absolute Gasteiger partial charge is 0.345 e. The third-order valence-electron chi connectivity index (χ3n) is 4.09.